The second-order valence-corrected chi connectivity index (χ2v) is 7.29. The molecule has 1 aliphatic rings. The van der Waals surface area contributed by atoms with Crippen molar-refractivity contribution in [3.05, 3.63) is 54.9 Å². The number of primary amides is 1. The summed E-state index contributed by atoms with van der Waals surface area (Å²) < 4.78 is 0. The number of anilines is 1. The van der Waals surface area contributed by atoms with E-state index < -0.39 is 28.5 Å². The first kappa shape index (κ1) is 18.8. The molecule has 140 valence electrons. The Bertz CT molecular complexity index is 987. The molecule has 11 heteroatoms. The van der Waals surface area contributed by atoms with E-state index >= 15 is 0 Å². The molecule has 0 fully saturated rings. The zero-order chi connectivity index (χ0) is 19.7. The number of nitrogens with two attached hydrogens (primary N) is 1. The smallest absolute Gasteiger partial charge is 0.319 e. The van der Waals surface area contributed by atoms with Crippen molar-refractivity contribution in [3.63, 3.8) is 0 Å². The summed E-state index contributed by atoms with van der Waals surface area (Å²) in [6, 6.07) is 2.61. The summed E-state index contributed by atoms with van der Waals surface area (Å²) in [4.78, 5) is 47.4. The van der Waals surface area contributed by atoms with Gasteiger partial charge in [-0.25, -0.2) is 4.79 Å². The van der Waals surface area contributed by atoms with Crippen molar-refractivity contribution < 1.29 is 19.3 Å². The van der Waals surface area contributed by atoms with Crippen LogP contribution in [0.1, 0.15) is 37.6 Å². The monoisotopic (exact) mass is 408 g/mol. The predicted molar refractivity (Wildman–Crippen MR) is 99.5 cm³/mol. The van der Waals surface area contributed by atoms with E-state index in [4.69, 9.17) is 17.3 Å². The number of amides is 4. The number of nitrogens with one attached hydrogen (secondary N) is 2. The Balaban J connectivity index is 1.98. The van der Waals surface area contributed by atoms with Gasteiger partial charge in [-0.1, -0.05) is 11.6 Å². The standard InChI is InChI=1S/C16H13ClN4O5S/c17-7-4-5-10(21(25)26)9(6-7)13(22)19-15-12(14(23)20-16(18)24)8-2-1-3-11(8)27-15/h4-6H,1-3H2,(H,19,22)(H3,18,20,23,24). The van der Waals surface area contributed by atoms with Crippen LogP contribution in [-0.4, -0.2) is 22.8 Å². The van der Waals surface area contributed by atoms with Gasteiger partial charge in [0.05, 0.1) is 10.5 Å². The van der Waals surface area contributed by atoms with Gasteiger partial charge in [0, 0.05) is 16.0 Å². The lowest BCUT2D eigenvalue weighted by molar-refractivity contribution is -0.385. The van der Waals surface area contributed by atoms with E-state index in [-0.39, 0.29) is 21.2 Å². The molecular weight excluding hydrogens is 396 g/mol. The molecule has 0 saturated carbocycles. The molecule has 1 aromatic carbocycles. The van der Waals surface area contributed by atoms with Crippen molar-refractivity contribution >= 4 is 51.5 Å². The lowest BCUT2D eigenvalue weighted by atomic mass is 10.1. The molecule has 1 heterocycles. The lowest BCUT2D eigenvalue weighted by Gasteiger charge is -2.08. The molecule has 0 radical (unpaired) electrons. The molecule has 0 bridgehead atoms. The maximum Gasteiger partial charge on any atom is 0.319 e. The fourth-order valence-electron chi connectivity index (χ4n) is 2.93. The first-order valence-corrected chi connectivity index (χ1v) is 8.98. The van der Waals surface area contributed by atoms with E-state index in [0.29, 0.717) is 6.42 Å². The number of aryl methyl sites for hydroxylation is 1. The molecule has 2 aromatic rings. The Hall–Kier alpha value is -2.98. The van der Waals surface area contributed by atoms with Gasteiger partial charge in [0.1, 0.15) is 10.6 Å². The number of halogens is 1. The average Bonchev–Trinajstić information content (AvgIpc) is 3.13. The predicted octanol–water partition coefficient (Wildman–Crippen LogP) is 2.86. The van der Waals surface area contributed by atoms with Crippen molar-refractivity contribution in [3.8, 4) is 0 Å². The van der Waals surface area contributed by atoms with E-state index in [0.717, 1.165) is 29.3 Å². The van der Waals surface area contributed by atoms with Crippen LogP contribution in [0.25, 0.3) is 0 Å². The Morgan fingerprint density at radius 3 is 2.63 bits per heavy atom. The molecule has 27 heavy (non-hydrogen) atoms. The Morgan fingerprint density at radius 2 is 1.96 bits per heavy atom. The number of imide groups is 1. The summed E-state index contributed by atoms with van der Waals surface area (Å²) in [5.74, 6) is -1.50. The second-order valence-electron chi connectivity index (χ2n) is 5.75. The zero-order valence-electron chi connectivity index (χ0n) is 13.7. The Kier molecular flexibility index (Phi) is 5.10. The van der Waals surface area contributed by atoms with Crippen molar-refractivity contribution in [2.24, 2.45) is 5.73 Å². The zero-order valence-corrected chi connectivity index (χ0v) is 15.3. The first-order valence-electron chi connectivity index (χ1n) is 7.78. The summed E-state index contributed by atoms with van der Waals surface area (Å²) in [6.45, 7) is 0. The highest BCUT2D eigenvalue weighted by Gasteiger charge is 2.29. The molecule has 0 spiro atoms. The summed E-state index contributed by atoms with van der Waals surface area (Å²) in [5, 5.41) is 16.1. The van der Waals surface area contributed by atoms with Gasteiger partial charge < -0.3 is 11.1 Å². The topological polar surface area (TPSA) is 144 Å². The van der Waals surface area contributed by atoms with Gasteiger partial charge in [0.2, 0.25) is 0 Å². The maximum absolute atomic E-state index is 12.6. The summed E-state index contributed by atoms with van der Waals surface area (Å²) >= 11 is 7.05. The number of benzene rings is 1. The summed E-state index contributed by atoms with van der Waals surface area (Å²) in [5.41, 5.74) is 5.27. The van der Waals surface area contributed by atoms with Gasteiger partial charge in [-0.3, -0.25) is 25.0 Å². The van der Waals surface area contributed by atoms with Crippen LogP contribution < -0.4 is 16.4 Å². The van der Waals surface area contributed by atoms with Gasteiger partial charge in [-0.15, -0.1) is 11.3 Å². The number of fused-ring (bicyclic) bond motifs is 1. The number of rotatable bonds is 4. The molecule has 3 rings (SSSR count). The van der Waals surface area contributed by atoms with E-state index in [1.165, 1.54) is 23.5 Å². The highest BCUT2D eigenvalue weighted by molar-refractivity contribution is 7.17. The van der Waals surface area contributed by atoms with Gasteiger partial charge in [-0.2, -0.15) is 0 Å². The van der Waals surface area contributed by atoms with Gasteiger partial charge in [-0.05, 0) is 37.0 Å². The van der Waals surface area contributed by atoms with Crippen LogP contribution >= 0.6 is 22.9 Å². The third kappa shape index (κ3) is 3.76. The number of thiophene rings is 1. The molecule has 1 aliphatic carbocycles. The number of nitro groups is 1. The normalized spacial score (nSPS) is 12.3. The van der Waals surface area contributed by atoms with Gasteiger partial charge >= 0.3 is 6.03 Å². The van der Waals surface area contributed by atoms with E-state index in [2.05, 4.69) is 5.32 Å². The summed E-state index contributed by atoms with van der Waals surface area (Å²) in [6.07, 6.45) is 2.22. The molecule has 4 N–H and O–H groups in total. The number of nitrogens with zero attached hydrogens (tertiary/aromatic N) is 1. The molecule has 1 aromatic heterocycles. The molecule has 0 aliphatic heterocycles. The average molecular weight is 409 g/mol. The van der Waals surface area contributed by atoms with Crippen LogP contribution in [-0.2, 0) is 12.8 Å². The van der Waals surface area contributed by atoms with Crippen LogP contribution in [0.15, 0.2) is 18.2 Å². The highest BCUT2D eigenvalue weighted by Crippen LogP contribution is 2.39. The molecule has 0 unspecified atom stereocenters. The number of urea groups is 1. The van der Waals surface area contributed by atoms with Crippen molar-refractivity contribution in [2.45, 2.75) is 19.3 Å². The van der Waals surface area contributed by atoms with Gasteiger partial charge in [0.25, 0.3) is 17.5 Å². The number of nitro benzene ring substituents is 1. The largest absolute Gasteiger partial charge is 0.351 e. The number of carbonyl (C=O) groups is 3. The highest BCUT2D eigenvalue weighted by atomic mass is 35.5. The van der Waals surface area contributed by atoms with Crippen molar-refractivity contribution in [2.75, 3.05) is 5.32 Å². The molecule has 0 saturated heterocycles. The molecule has 4 amide bonds. The Labute approximate surface area is 161 Å². The van der Waals surface area contributed by atoms with Gasteiger partial charge in [0.15, 0.2) is 0 Å². The fourth-order valence-corrected chi connectivity index (χ4v) is 4.38. The second kappa shape index (κ2) is 7.33. The molecule has 9 nitrogen and oxygen atoms in total. The van der Waals surface area contributed by atoms with Crippen LogP contribution in [0.3, 0.4) is 0 Å². The Morgan fingerprint density at radius 1 is 1.22 bits per heavy atom. The minimum absolute atomic E-state index is 0.157. The van der Waals surface area contributed by atoms with E-state index in [1.807, 2.05) is 5.32 Å². The number of hydrogen-bond acceptors (Lipinski definition) is 6. The van der Waals surface area contributed by atoms with Crippen molar-refractivity contribution in [1.82, 2.24) is 5.32 Å². The first-order chi connectivity index (χ1) is 12.8. The number of carbonyl (C=O) groups excluding carboxylic acids is 3. The number of hydrogen-bond donors (Lipinski definition) is 3. The maximum atomic E-state index is 12.6. The fraction of sp³-hybridized carbons (Fsp3) is 0.188. The lowest BCUT2D eigenvalue weighted by Crippen LogP contribution is -2.35. The van der Waals surface area contributed by atoms with Crippen molar-refractivity contribution in [1.29, 1.82) is 0 Å². The third-order valence-corrected chi connectivity index (χ3v) is 5.45. The van der Waals surface area contributed by atoms with Crippen LogP contribution in [0.5, 0.6) is 0 Å². The van der Waals surface area contributed by atoms with Crippen LogP contribution in [0, 0.1) is 10.1 Å². The summed E-state index contributed by atoms with van der Waals surface area (Å²) in [7, 11) is 0. The SMILES string of the molecule is NC(=O)NC(=O)c1c(NC(=O)c2cc(Cl)ccc2[N+](=O)[O-])sc2c1CCC2. The van der Waals surface area contributed by atoms with E-state index in [1.54, 1.807) is 0 Å². The molecular formula is C16H13ClN4O5S. The minimum atomic E-state index is -1.01. The third-order valence-electron chi connectivity index (χ3n) is 4.01. The molecule has 0 atom stereocenters. The quantitative estimate of drug-likeness (QED) is 0.526. The van der Waals surface area contributed by atoms with Crippen LogP contribution in [0.4, 0.5) is 15.5 Å². The minimum Gasteiger partial charge on any atom is -0.351 e. The van der Waals surface area contributed by atoms with Crippen LogP contribution in [0.2, 0.25) is 5.02 Å². The van der Waals surface area contributed by atoms with E-state index in [9.17, 15) is 24.5 Å².